The van der Waals surface area contributed by atoms with Crippen LogP contribution in [0.5, 0.6) is 11.6 Å². The number of ether oxygens (including phenoxy) is 2. The lowest BCUT2D eigenvalue weighted by molar-refractivity contribution is -0.144. The van der Waals surface area contributed by atoms with Gasteiger partial charge in [0, 0.05) is 41.0 Å². The third-order valence-corrected chi connectivity index (χ3v) is 15.8. The van der Waals surface area contributed by atoms with Gasteiger partial charge in [0.15, 0.2) is 11.6 Å². The number of allylic oxidation sites excluding steroid dienone is 1. The van der Waals surface area contributed by atoms with Crippen LogP contribution in [0.4, 0.5) is 4.39 Å². The Morgan fingerprint density at radius 2 is 1.86 bits per heavy atom. The van der Waals surface area contributed by atoms with Crippen LogP contribution in [0.15, 0.2) is 59.5 Å². The zero-order valence-electron chi connectivity index (χ0n) is 36.1. The highest BCUT2D eigenvalue weighted by molar-refractivity contribution is 7.90. The van der Waals surface area contributed by atoms with E-state index in [4.69, 9.17) is 28.8 Å². The fourth-order valence-corrected chi connectivity index (χ4v) is 11.7. The van der Waals surface area contributed by atoms with Crippen molar-refractivity contribution in [3.8, 4) is 23.0 Å². The normalized spacial score (nSPS) is 22.7. The van der Waals surface area contributed by atoms with E-state index in [-0.39, 0.29) is 60.9 Å². The predicted molar refractivity (Wildman–Crippen MR) is 236 cm³/mol. The highest BCUT2D eigenvalue weighted by Crippen LogP contribution is 2.57. The number of likely N-dealkylation sites (tertiary alicyclic amines) is 1. The van der Waals surface area contributed by atoms with Crippen molar-refractivity contribution in [1.29, 1.82) is 0 Å². The smallest absolute Gasteiger partial charge is 0.262 e. The van der Waals surface area contributed by atoms with E-state index >= 15 is 4.79 Å². The molecule has 0 spiro atoms. The van der Waals surface area contributed by atoms with E-state index < -0.39 is 61.8 Å². The van der Waals surface area contributed by atoms with Crippen molar-refractivity contribution in [2.24, 2.45) is 22.7 Å². The molecule has 16 heteroatoms. The first-order valence-electron chi connectivity index (χ1n) is 21.7. The van der Waals surface area contributed by atoms with Gasteiger partial charge in [-0.05, 0) is 106 Å². The summed E-state index contributed by atoms with van der Waals surface area (Å²) >= 11 is 1.64. The summed E-state index contributed by atoms with van der Waals surface area (Å²) < 4.78 is 61.6. The first-order chi connectivity index (χ1) is 29.9. The highest BCUT2D eigenvalue weighted by atomic mass is 32.2. The van der Waals surface area contributed by atoms with E-state index in [1.165, 1.54) is 23.1 Å². The van der Waals surface area contributed by atoms with Crippen molar-refractivity contribution in [2.75, 3.05) is 6.54 Å². The molecule has 0 bridgehead atoms. The van der Waals surface area contributed by atoms with Crippen molar-refractivity contribution >= 4 is 61.0 Å². The van der Waals surface area contributed by atoms with Gasteiger partial charge >= 0.3 is 0 Å². The second-order valence-corrected chi connectivity index (χ2v) is 22.0. The Hall–Kier alpha value is -5.22. The molecule has 2 amide bonds. The maximum absolute atomic E-state index is 15.1. The monoisotopic (exact) mass is 897 g/mol. The summed E-state index contributed by atoms with van der Waals surface area (Å²) in [5.41, 5.74) is 0.753. The van der Waals surface area contributed by atoms with Gasteiger partial charge in [0.1, 0.15) is 28.8 Å². The molecule has 13 nitrogen and oxygen atoms in total. The van der Waals surface area contributed by atoms with E-state index in [2.05, 4.69) is 11.3 Å². The molecule has 1 N–H and O–H groups in total. The van der Waals surface area contributed by atoms with Crippen LogP contribution in [0.25, 0.3) is 33.5 Å². The van der Waals surface area contributed by atoms with Crippen molar-refractivity contribution in [3.05, 3.63) is 76.5 Å². The Kier molecular flexibility index (Phi) is 11.0. The SMILES string of the molecule is C=C[C@@H]1C[C@]1(CC(=O)[C@@H]1C[C@@H](Oc2nc(-c3ccc(OC(C)C)cc3)nc3c2oc2ccc(F)cc23)CN1C(=O)[C@@H](Cc1nc2c(s1)CCC2)C(C)(C)C)C(=O)NS(=O)(=O)C1CC1. The maximum Gasteiger partial charge on any atom is 0.262 e. The van der Waals surface area contributed by atoms with Crippen LogP contribution in [-0.4, -0.2) is 75.9 Å². The number of hydrogen-bond donors (Lipinski definition) is 1. The van der Waals surface area contributed by atoms with E-state index in [1.54, 1.807) is 22.3 Å². The molecule has 4 aliphatic rings. The van der Waals surface area contributed by atoms with Gasteiger partial charge in [-0.25, -0.2) is 22.8 Å². The minimum Gasteiger partial charge on any atom is -0.491 e. The van der Waals surface area contributed by atoms with Crippen LogP contribution in [0.1, 0.15) is 88.7 Å². The van der Waals surface area contributed by atoms with Gasteiger partial charge in [-0.2, -0.15) is 4.98 Å². The van der Waals surface area contributed by atoms with Crippen LogP contribution in [0, 0.1) is 28.5 Å². The zero-order chi connectivity index (χ0) is 44.6. The fraction of sp³-hybridized carbons (Fsp3) is 0.489. The fourth-order valence-electron chi connectivity index (χ4n) is 9.12. The molecule has 1 saturated heterocycles. The predicted octanol–water partition coefficient (Wildman–Crippen LogP) is 7.93. The van der Waals surface area contributed by atoms with Crippen molar-refractivity contribution < 1.29 is 41.1 Å². The summed E-state index contributed by atoms with van der Waals surface area (Å²) in [6.07, 6.45) is 5.10. The summed E-state index contributed by atoms with van der Waals surface area (Å²) in [5.74, 6) is -1.81. The van der Waals surface area contributed by atoms with Gasteiger partial charge in [0.05, 0.1) is 40.1 Å². The lowest BCUT2D eigenvalue weighted by Crippen LogP contribution is -2.48. The number of fused-ring (bicyclic) bond motifs is 4. The Morgan fingerprint density at radius 3 is 2.52 bits per heavy atom. The van der Waals surface area contributed by atoms with Crippen molar-refractivity contribution in [3.63, 3.8) is 0 Å². The number of amides is 2. The number of ketones is 1. The number of benzene rings is 2. The molecule has 0 unspecified atom stereocenters. The second kappa shape index (κ2) is 16.1. The van der Waals surface area contributed by atoms with Gasteiger partial charge in [-0.15, -0.1) is 17.9 Å². The molecular formula is C47H52FN5O8S2. The Morgan fingerprint density at radius 1 is 1.10 bits per heavy atom. The van der Waals surface area contributed by atoms with Crippen LogP contribution in [-0.2, 0) is 43.7 Å². The molecule has 3 fully saturated rings. The Labute approximate surface area is 369 Å². The largest absolute Gasteiger partial charge is 0.491 e. The molecule has 2 aromatic carbocycles. The van der Waals surface area contributed by atoms with Crippen molar-refractivity contribution in [1.82, 2.24) is 24.6 Å². The number of carbonyl (C=O) groups excluding carboxylic acids is 3. The number of Topliss-reactive ketones (excluding diaryl/α,β-unsaturated/α-hetero) is 1. The standard InChI is InChI=1S/C47H52FN5O8S2/c1-7-27-22-47(27,45(56)52-63(57,58)31-16-17-31)23-36(54)35-20-30(24-53(35)44(55)33(46(4,5)6)21-39-49-34-9-8-10-38(34)62-39)60-43-41-40(32-19-28(48)13-18-37(32)61-41)50-42(51-43)26-11-14-29(15-12-26)59-25(2)3/h7,11-15,18-19,25,27,30-31,33,35H,1,8-10,16-17,20-24H2,2-6H3,(H,52,56)/t27-,30-,33-,35+,47-/m1/s1. The number of aromatic nitrogens is 3. The number of carbonyl (C=O) groups is 3. The molecule has 1 aliphatic heterocycles. The molecule has 4 heterocycles. The molecule has 2 saturated carbocycles. The topological polar surface area (TPSA) is 171 Å². The lowest BCUT2D eigenvalue weighted by atomic mass is 9.77. The number of halogens is 1. The molecule has 0 radical (unpaired) electrons. The van der Waals surface area contributed by atoms with Gasteiger partial charge in [0.2, 0.25) is 27.4 Å². The van der Waals surface area contributed by atoms with Gasteiger partial charge in [0.25, 0.3) is 5.88 Å². The number of furan rings is 1. The molecule has 5 aromatic rings. The van der Waals surface area contributed by atoms with E-state index in [0.717, 1.165) is 30.0 Å². The number of sulfonamides is 1. The van der Waals surface area contributed by atoms with E-state index in [1.807, 2.05) is 58.9 Å². The Balaban J connectivity index is 1.07. The third-order valence-electron chi connectivity index (χ3n) is 12.8. The maximum atomic E-state index is 15.1. The zero-order valence-corrected chi connectivity index (χ0v) is 37.7. The number of aryl methyl sites for hydroxylation is 2. The average Bonchev–Trinajstić information content (AvgIpc) is 3.99. The first-order valence-corrected chi connectivity index (χ1v) is 24.1. The van der Waals surface area contributed by atoms with E-state index in [9.17, 15) is 22.4 Å². The summed E-state index contributed by atoms with van der Waals surface area (Å²) in [6, 6.07) is 10.4. The highest BCUT2D eigenvalue weighted by Gasteiger charge is 2.61. The van der Waals surface area contributed by atoms with Crippen molar-refractivity contribution in [2.45, 2.75) is 116 Å². The molecular weight excluding hydrogens is 846 g/mol. The Bertz CT molecular complexity index is 2740. The van der Waals surface area contributed by atoms with Crippen LogP contribution in [0.2, 0.25) is 0 Å². The minimum atomic E-state index is -3.88. The van der Waals surface area contributed by atoms with Gasteiger partial charge in [-0.1, -0.05) is 26.8 Å². The van der Waals surface area contributed by atoms with Gasteiger partial charge in [-0.3, -0.25) is 19.1 Å². The number of nitrogens with one attached hydrogen (secondary N) is 1. The number of rotatable bonds is 15. The minimum absolute atomic E-state index is 0.00720. The molecule has 3 aromatic heterocycles. The molecule has 63 heavy (non-hydrogen) atoms. The second-order valence-electron chi connectivity index (χ2n) is 18.9. The summed E-state index contributed by atoms with van der Waals surface area (Å²) in [6.45, 7) is 13.8. The lowest BCUT2D eigenvalue weighted by Gasteiger charge is -2.35. The van der Waals surface area contributed by atoms with Crippen LogP contribution >= 0.6 is 11.3 Å². The molecule has 332 valence electrons. The first kappa shape index (κ1) is 43.1. The molecule has 9 rings (SSSR count). The summed E-state index contributed by atoms with van der Waals surface area (Å²) in [5, 5.41) is 0.675. The summed E-state index contributed by atoms with van der Waals surface area (Å²) in [4.78, 5) is 61.1. The average molecular weight is 898 g/mol. The number of hydrogen-bond acceptors (Lipinski definition) is 12. The van der Waals surface area contributed by atoms with E-state index in [0.29, 0.717) is 47.1 Å². The molecule has 3 aliphatic carbocycles. The number of nitrogens with zero attached hydrogens (tertiary/aromatic N) is 4. The summed E-state index contributed by atoms with van der Waals surface area (Å²) in [7, 11) is -3.88. The quantitative estimate of drug-likeness (QED) is 0.101. The van der Waals surface area contributed by atoms with Crippen LogP contribution in [0.3, 0.4) is 0 Å². The van der Waals surface area contributed by atoms with Crippen LogP contribution < -0.4 is 14.2 Å². The molecule has 5 atom stereocenters. The number of thiazole rings is 1. The third kappa shape index (κ3) is 8.48. The van der Waals surface area contributed by atoms with Gasteiger partial charge < -0.3 is 18.8 Å².